The zero-order valence-electron chi connectivity index (χ0n) is 5.82. The van der Waals surface area contributed by atoms with Crippen LogP contribution in [0.4, 0.5) is 0 Å². The van der Waals surface area contributed by atoms with E-state index < -0.39 is 14.5 Å². The molecule has 18 N–H and O–H groups in total. The Morgan fingerprint density at radius 2 is 0.727 bits per heavy atom. The normalized spacial score (nSPS) is 5.36. The molecule has 10 nitrogen and oxygen atoms in total. The summed E-state index contributed by atoms with van der Waals surface area (Å²) in [4.78, 5) is 0. The van der Waals surface area contributed by atoms with Crippen LogP contribution < -0.4 is 18.5 Å². The van der Waals surface area contributed by atoms with Gasteiger partial charge in [0.1, 0.15) is 0 Å². The minimum atomic E-state index is -5.12. The Kier molecular flexibility index (Phi) is 141. The summed E-state index contributed by atoms with van der Waals surface area (Å²) in [6.45, 7) is 0. The third-order valence-corrected chi connectivity index (χ3v) is 0. The van der Waals surface area contributed by atoms with E-state index in [-0.39, 0.29) is 34.9 Å². The Morgan fingerprint density at radius 3 is 0.727 bits per heavy atom. The fraction of sp³-hybridized carbons (Fsp3) is 0. The maximum atomic E-state index is 8.94. The van der Waals surface area contributed by atoms with Crippen LogP contribution in [0.5, 0.6) is 0 Å². The molecule has 0 heterocycles. The Morgan fingerprint density at radius 1 is 0.727 bits per heavy atom. The molecule has 0 rings (SSSR count). The summed E-state index contributed by atoms with van der Waals surface area (Å²) in [6, 6.07) is 0. The van der Waals surface area contributed by atoms with Gasteiger partial charge in [-0.15, -0.1) is 0 Å². The number of hydrogen-bond acceptors (Lipinski definition) is 4. The van der Waals surface area contributed by atoms with Crippen molar-refractivity contribution in [2.24, 2.45) is 0 Å². The number of hydrogen-bond donors (Lipinski definition) is 6. The van der Waals surface area contributed by atoms with E-state index in [2.05, 4.69) is 0 Å². The predicted octanol–water partition coefficient (Wildman–Crippen LogP) is -4.16. The van der Waals surface area contributed by atoms with Crippen LogP contribution in [0.15, 0.2) is 0 Å². The van der Waals surface area contributed by atoms with E-state index in [1.165, 1.54) is 0 Å². The van der Waals surface area contributed by atoms with Gasteiger partial charge in [-0.3, -0.25) is 0 Å². The Hall–Kier alpha value is -0.00156. The molecule has 0 aromatic rings. The molecule has 0 radical (unpaired) electrons. The van der Waals surface area contributed by atoms with Gasteiger partial charge in [0.25, 0.3) is 0 Å². The van der Waals surface area contributed by atoms with E-state index in [0.29, 0.717) is 0 Å². The van der Waals surface area contributed by atoms with Crippen molar-refractivity contribution in [3.63, 3.8) is 0 Å². The second-order valence-electron chi connectivity index (χ2n) is 0.513. The first-order chi connectivity index (χ1) is 2.00. The molecule has 0 aliphatic carbocycles. The van der Waals surface area contributed by atoms with Gasteiger partial charge < -0.3 is 34.9 Å². The summed E-state index contributed by atoms with van der Waals surface area (Å²) in [6.07, 6.45) is 0. The molecule has 0 saturated carbocycles. The SMILES string of the molecule is N.N.N.O.O.O.O=[As](O)(O)O. The van der Waals surface area contributed by atoms with Crippen LogP contribution in [0.2, 0.25) is 0 Å². The van der Waals surface area contributed by atoms with Crippen LogP contribution in [0.3, 0.4) is 0 Å². The Bertz CT molecular complexity index is 59.8. The van der Waals surface area contributed by atoms with Gasteiger partial charge in [0.05, 0.1) is 0 Å². The zero-order valence-corrected chi connectivity index (χ0v) is 7.69. The molecule has 0 fully saturated rings. The summed E-state index contributed by atoms with van der Waals surface area (Å²) in [7, 11) is 0. The second-order valence-corrected chi connectivity index (χ2v) is 2.67. The fourth-order valence-corrected chi connectivity index (χ4v) is 0. The molecule has 11 heteroatoms. The van der Waals surface area contributed by atoms with Crippen molar-refractivity contribution in [1.82, 2.24) is 18.5 Å². The van der Waals surface area contributed by atoms with Crippen molar-refractivity contribution in [1.29, 1.82) is 0 Å². The van der Waals surface area contributed by atoms with Crippen molar-refractivity contribution < 1.29 is 32.5 Å². The molecule has 0 aliphatic rings. The number of rotatable bonds is 0. The van der Waals surface area contributed by atoms with Crippen molar-refractivity contribution >= 4 is 14.5 Å². The Labute approximate surface area is 66.3 Å². The van der Waals surface area contributed by atoms with Gasteiger partial charge >= 0.3 is 30.5 Å². The molecular formula is H18AsN3O7. The summed E-state index contributed by atoms with van der Waals surface area (Å²) in [5, 5.41) is 0. The van der Waals surface area contributed by atoms with Crippen LogP contribution in [0, 0.1) is 0 Å². The molecule has 0 amide bonds. The summed E-state index contributed by atoms with van der Waals surface area (Å²) in [5.74, 6) is 0. The third-order valence-electron chi connectivity index (χ3n) is 0. The molecule has 0 unspecified atom stereocenters. The molecule has 0 atom stereocenters. The quantitative estimate of drug-likeness (QED) is 0.229. The summed E-state index contributed by atoms with van der Waals surface area (Å²) >= 11 is -5.12. The van der Waals surface area contributed by atoms with Gasteiger partial charge in [-0.2, -0.15) is 0 Å². The van der Waals surface area contributed by atoms with E-state index in [4.69, 9.17) is 16.0 Å². The third kappa shape index (κ3) is 263000000. The first-order valence-electron chi connectivity index (χ1n) is 0.783. The van der Waals surface area contributed by atoms with Crippen LogP contribution in [-0.4, -0.2) is 43.2 Å². The first-order valence-corrected chi connectivity index (χ1v) is 4.07. The van der Waals surface area contributed by atoms with E-state index in [1.807, 2.05) is 0 Å². The summed E-state index contributed by atoms with van der Waals surface area (Å²) in [5.41, 5.74) is 0. The summed E-state index contributed by atoms with van der Waals surface area (Å²) < 4.78 is 30.7. The molecule has 0 aromatic carbocycles. The molecule has 0 saturated heterocycles. The van der Waals surface area contributed by atoms with Gasteiger partial charge in [-0.05, 0) is 0 Å². The van der Waals surface area contributed by atoms with Gasteiger partial charge in [-0.25, -0.2) is 0 Å². The second kappa shape index (κ2) is 22.5. The molecule has 0 bridgehead atoms. The fourth-order valence-electron chi connectivity index (χ4n) is 0. The molecule has 0 aromatic heterocycles. The predicted molar refractivity (Wildman–Crippen MR) is 39.0 cm³/mol. The van der Waals surface area contributed by atoms with Crippen molar-refractivity contribution in [3.8, 4) is 0 Å². The van der Waals surface area contributed by atoms with E-state index >= 15 is 0 Å². The van der Waals surface area contributed by atoms with Gasteiger partial charge in [0, 0.05) is 0 Å². The molecular weight excluding hydrogens is 229 g/mol. The topological polar surface area (TPSA) is 277 Å². The van der Waals surface area contributed by atoms with Gasteiger partial charge in [0.15, 0.2) is 0 Å². The Balaban J connectivity index is -0.00000000533. The average molecular weight is 247 g/mol. The van der Waals surface area contributed by atoms with Crippen LogP contribution in [0.25, 0.3) is 0 Å². The standard InChI is InChI=1S/AsH3O4.3H3N.3H2O/c2-1(3,4)5;;;;;;/h(H3,2,3,4,5);3*1H3;3*1H2. The first kappa shape index (κ1) is 68.8. The van der Waals surface area contributed by atoms with Crippen molar-refractivity contribution in [2.75, 3.05) is 0 Å². The van der Waals surface area contributed by atoms with Crippen molar-refractivity contribution in [3.05, 3.63) is 0 Å². The van der Waals surface area contributed by atoms with E-state index in [1.54, 1.807) is 0 Å². The van der Waals surface area contributed by atoms with Gasteiger partial charge in [0.2, 0.25) is 0 Å². The van der Waals surface area contributed by atoms with E-state index in [0.717, 1.165) is 0 Å². The van der Waals surface area contributed by atoms with Crippen LogP contribution in [0.1, 0.15) is 0 Å². The monoisotopic (exact) mass is 247 g/mol. The van der Waals surface area contributed by atoms with Crippen LogP contribution in [-0.2, 0) is 3.74 Å². The average Bonchev–Trinajstić information content (AvgIpc) is 0.722. The molecule has 0 aliphatic heterocycles. The van der Waals surface area contributed by atoms with Crippen LogP contribution >= 0.6 is 0 Å². The molecule has 0 spiro atoms. The van der Waals surface area contributed by atoms with E-state index in [9.17, 15) is 0 Å². The van der Waals surface area contributed by atoms with Crippen molar-refractivity contribution in [2.45, 2.75) is 0 Å². The van der Waals surface area contributed by atoms with Gasteiger partial charge in [-0.1, -0.05) is 0 Å². The molecule has 11 heavy (non-hydrogen) atoms. The maximum absolute atomic E-state index is 8.94. The molecule has 80 valence electrons. The zero-order chi connectivity index (χ0) is 4.50. The minimum absolute atomic E-state index is 0.